The molecule has 0 aliphatic rings. The Bertz CT molecular complexity index is 714. The summed E-state index contributed by atoms with van der Waals surface area (Å²) < 4.78 is 12.7. The Labute approximate surface area is 125 Å². The predicted octanol–water partition coefficient (Wildman–Crippen LogP) is 3.53. The number of benzene rings is 2. The van der Waals surface area contributed by atoms with Crippen molar-refractivity contribution < 1.29 is 14.1 Å². The number of nitro benzene ring substituents is 1. The molecule has 0 fully saturated rings. The molecule has 7 heteroatoms. The molecule has 0 atom stereocenters. The summed E-state index contributed by atoms with van der Waals surface area (Å²) in [4.78, 5) is 21.9. The Kier molecular flexibility index (Phi) is 4.81. The van der Waals surface area contributed by atoms with Crippen molar-refractivity contribution in [2.24, 2.45) is 0 Å². The maximum absolute atomic E-state index is 12.7. The highest BCUT2D eigenvalue weighted by molar-refractivity contribution is 5.92. The molecule has 2 N–H and O–H groups in total. The van der Waals surface area contributed by atoms with Crippen molar-refractivity contribution >= 4 is 23.5 Å². The SMILES string of the molecule is O=C(N/C=C/c1ccc(F)cc1)Nc1ccccc1[N+](=O)[O-]. The minimum Gasteiger partial charge on any atom is -0.314 e. The number of carbonyl (C=O) groups excluding carboxylic acids is 1. The highest BCUT2D eigenvalue weighted by Gasteiger charge is 2.13. The van der Waals surface area contributed by atoms with Crippen molar-refractivity contribution in [1.82, 2.24) is 5.32 Å². The van der Waals surface area contributed by atoms with Crippen LogP contribution in [0.2, 0.25) is 0 Å². The fraction of sp³-hybridized carbons (Fsp3) is 0. The zero-order chi connectivity index (χ0) is 15.9. The molecule has 2 amide bonds. The molecule has 6 nitrogen and oxygen atoms in total. The zero-order valence-electron chi connectivity index (χ0n) is 11.3. The van der Waals surface area contributed by atoms with Gasteiger partial charge in [-0.2, -0.15) is 0 Å². The van der Waals surface area contributed by atoms with Crippen LogP contribution in [0.1, 0.15) is 5.56 Å². The fourth-order valence-corrected chi connectivity index (χ4v) is 1.68. The van der Waals surface area contributed by atoms with Gasteiger partial charge in [0.25, 0.3) is 5.69 Å². The molecule has 0 aromatic heterocycles. The van der Waals surface area contributed by atoms with Crippen LogP contribution in [0, 0.1) is 15.9 Å². The molecule has 112 valence electrons. The third kappa shape index (κ3) is 4.14. The minimum atomic E-state index is -0.618. The number of anilines is 1. The van der Waals surface area contributed by atoms with E-state index in [1.54, 1.807) is 24.3 Å². The van der Waals surface area contributed by atoms with Gasteiger partial charge in [-0.1, -0.05) is 24.3 Å². The van der Waals surface area contributed by atoms with Crippen LogP contribution in [0.25, 0.3) is 6.08 Å². The van der Waals surface area contributed by atoms with E-state index in [0.29, 0.717) is 5.56 Å². The smallest absolute Gasteiger partial charge is 0.314 e. The summed E-state index contributed by atoms with van der Waals surface area (Å²) >= 11 is 0. The molecule has 2 aromatic rings. The normalized spacial score (nSPS) is 10.4. The van der Waals surface area contributed by atoms with Crippen molar-refractivity contribution in [3.8, 4) is 0 Å². The van der Waals surface area contributed by atoms with E-state index in [9.17, 15) is 19.3 Å². The van der Waals surface area contributed by atoms with Crippen LogP contribution in [-0.2, 0) is 0 Å². The summed E-state index contributed by atoms with van der Waals surface area (Å²) in [5, 5.41) is 15.6. The second-order valence-electron chi connectivity index (χ2n) is 4.26. The molecule has 0 radical (unpaired) electrons. The molecule has 0 heterocycles. The van der Waals surface area contributed by atoms with Crippen LogP contribution < -0.4 is 10.6 Å². The lowest BCUT2D eigenvalue weighted by molar-refractivity contribution is -0.383. The number of nitrogens with zero attached hydrogens (tertiary/aromatic N) is 1. The first kappa shape index (κ1) is 15.2. The predicted molar refractivity (Wildman–Crippen MR) is 80.7 cm³/mol. The number of urea groups is 1. The van der Waals surface area contributed by atoms with Crippen molar-refractivity contribution in [3.63, 3.8) is 0 Å². The number of hydrogen-bond acceptors (Lipinski definition) is 3. The van der Waals surface area contributed by atoms with E-state index >= 15 is 0 Å². The average molecular weight is 301 g/mol. The molecule has 22 heavy (non-hydrogen) atoms. The van der Waals surface area contributed by atoms with Crippen molar-refractivity contribution in [3.05, 3.63) is 76.2 Å². The van der Waals surface area contributed by atoms with Crippen molar-refractivity contribution in [2.75, 3.05) is 5.32 Å². The summed E-state index contributed by atoms with van der Waals surface area (Å²) in [6.07, 6.45) is 2.93. The Morgan fingerprint density at radius 3 is 2.50 bits per heavy atom. The van der Waals surface area contributed by atoms with Crippen LogP contribution >= 0.6 is 0 Å². The highest BCUT2D eigenvalue weighted by Crippen LogP contribution is 2.22. The molecule has 2 rings (SSSR count). The molecular weight excluding hydrogens is 289 g/mol. The second kappa shape index (κ2) is 6.98. The number of nitrogens with one attached hydrogen (secondary N) is 2. The topological polar surface area (TPSA) is 84.3 Å². The van der Waals surface area contributed by atoms with Gasteiger partial charge < -0.3 is 10.6 Å². The standard InChI is InChI=1S/C15H12FN3O3/c16-12-7-5-11(6-8-12)9-10-17-15(20)18-13-3-1-2-4-14(13)19(21)22/h1-10H,(H2,17,18,20)/b10-9+. The van der Waals surface area contributed by atoms with Gasteiger partial charge in [0.2, 0.25) is 0 Å². The van der Waals surface area contributed by atoms with E-state index in [1.165, 1.54) is 36.5 Å². The van der Waals surface area contributed by atoms with Crippen LogP contribution in [-0.4, -0.2) is 11.0 Å². The van der Waals surface area contributed by atoms with E-state index in [0.717, 1.165) is 0 Å². The summed E-state index contributed by atoms with van der Waals surface area (Å²) in [6.45, 7) is 0. The molecule has 0 saturated carbocycles. The Morgan fingerprint density at radius 1 is 1.14 bits per heavy atom. The Hall–Kier alpha value is -3.22. The van der Waals surface area contributed by atoms with E-state index in [2.05, 4.69) is 10.6 Å². The van der Waals surface area contributed by atoms with Gasteiger partial charge in [-0.05, 0) is 29.8 Å². The van der Waals surface area contributed by atoms with Gasteiger partial charge in [-0.15, -0.1) is 0 Å². The van der Waals surface area contributed by atoms with Crippen LogP contribution in [0.5, 0.6) is 0 Å². The van der Waals surface area contributed by atoms with Gasteiger partial charge in [0.05, 0.1) is 4.92 Å². The van der Waals surface area contributed by atoms with Gasteiger partial charge in [0.15, 0.2) is 0 Å². The molecule has 0 aliphatic heterocycles. The van der Waals surface area contributed by atoms with Crippen LogP contribution in [0.15, 0.2) is 54.7 Å². The number of para-hydroxylation sites is 2. The summed E-state index contributed by atoms with van der Waals surface area (Å²) in [7, 11) is 0. The van der Waals surface area contributed by atoms with Gasteiger partial charge in [-0.3, -0.25) is 10.1 Å². The monoisotopic (exact) mass is 301 g/mol. The zero-order valence-corrected chi connectivity index (χ0v) is 11.3. The number of carbonyl (C=O) groups is 1. The average Bonchev–Trinajstić information content (AvgIpc) is 2.49. The lowest BCUT2D eigenvalue weighted by Gasteiger charge is -2.05. The second-order valence-corrected chi connectivity index (χ2v) is 4.26. The molecule has 0 bridgehead atoms. The lowest BCUT2D eigenvalue weighted by atomic mass is 10.2. The molecule has 0 unspecified atom stereocenters. The summed E-state index contributed by atoms with van der Waals surface area (Å²) in [5.41, 5.74) is 0.604. The molecule has 0 aliphatic carbocycles. The lowest BCUT2D eigenvalue weighted by Crippen LogP contribution is -2.24. The summed E-state index contributed by atoms with van der Waals surface area (Å²) in [6, 6.07) is 10.9. The van der Waals surface area contributed by atoms with E-state index in [4.69, 9.17) is 0 Å². The largest absolute Gasteiger partial charge is 0.323 e. The first-order valence-corrected chi connectivity index (χ1v) is 6.29. The molecule has 0 saturated heterocycles. The van der Waals surface area contributed by atoms with Crippen LogP contribution in [0.3, 0.4) is 0 Å². The highest BCUT2D eigenvalue weighted by atomic mass is 19.1. The van der Waals surface area contributed by atoms with Crippen molar-refractivity contribution in [2.45, 2.75) is 0 Å². The third-order valence-corrected chi connectivity index (χ3v) is 2.71. The van der Waals surface area contributed by atoms with Crippen molar-refractivity contribution in [1.29, 1.82) is 0 Å². The third-order valence-electron chi connectivity index (χ3n) is 2.71. The number of nitro groups is 1. The number of hydrogen-bond donors (Lipinski definition) is 2. The van der Waals surface area contributed by atoms with Gasteiger partial charge >= 0.3 is 6.03 Å². The van der Waals surface area contributed by atoms with Gasteiger partial charge in [0, 0.05) is 12.3 Å². The number of rotatable bonds is 4. The van der Waals surface area contributed by atoms with Gasteiger partial charge in [0.1, 0.15) is 11.5 Å². The number of halogens is 1. The van der Waals surface area contributed by atoms with E-state index in [1.807, 2.05) is 0 Å². The first-order chi connectivity index (χ1) is 10.6. The Morgan fingerprint density at radius 2 is 1.82 bits per heavy atom. The van der Waals surface area contributed by atoms with Gasteiger partial charge in [-0.25, -0.2) is 9.18 Å². The number of amides is 2. The van der Waals surface area contributed by atoms with E-state index < -0.39 is 11.0 Å². The Balaban J connectivity index is 1.96. The maximum Gasteiger partial charge on any atom is 0.323 e. The fourth-order valence-electron chi connectivity index (χ4n) is 1.68. The summed E-state index contributed by atoms with van der Waals surface area (Å²) in [5.74, 6) is -0.348. The maximum atomic E-state index is 12.7. The molecular formula is C15H12FN3O3. The first-order valence-electron chi connectivity index (χ1n) is 6.29. The van der Waals surface area contributed by atoms with Crippen LogP contribution in [0.4, 0.5) is 20.6 Å². The molecule has 0 spiro atoms. The molecule has 2 aromatic carbocycles. The minimum absolute atomic E-state index is 0.0974. The van der Waals surface area contributed by atoms with E-state index in [-0.39, 0.29) is 17.2 Å². The quantitative estimate of drug-likeness (QED) is 0.669.